The minimum atomic E-state index is -1.00. The first-order chi connectivity index (χ1) is 19.9. The Kier molecular flexibility index (Phi) is 8.75. The van der Waals surface area contributed by atoms with Crippen LogP contribution in [-0.2, 0) is 10.5 Å². The number of hydrogen-bond donors (Lipinski definition) is 1. The Bertz CT molecular complexity index is 1550. The van der Waals surface area contributed by atoms with Crippen molar-refractivity contribution < 1.29 is 28.6 Å². The van der Waals surface area contributed by atoms with Gasteiger partial charge in [0.15, 0.2) is 27.4 Å². The summed E-state index contributed by atoms with van der Waals surface area (Å²) in [4.78, 5) is 28.3. The molecule has 2 aromatic heterocycles. The van der Waals surface area contributed by atoms with Crippen LogP contribution in [0.2, 0.25) is 0 Å². The van der Waals surface area contributed by atoms with E-state index in [1.54, 1.807) is 24.3 Å². The lowest BCUT2D eigenvalue weighted by Gasteiger charge is -2.24. The van der Waals surface area contributed by atoms with Gasteiger partial charge in [-0.25, -0.2) is 0 Å². The van der Waals surface area contributed by atoms with Crippen molar-refractivity contribution in [3.63, 3.8) is 0 Å². The first kappa shape index (κ1) is 28.4. The van der Waals surface area contributed by atoms with Crippen LogP contribution in [-0.4, -0.2) is 40.7 Å². The zero-order chi connectivity index (χ0) is 28.9. The Morgan fingerprint density at radius 1 is 1.12 bits per heavy atom. The number of ether oxygens (including phenoxy) is 2. The number of carbonyl (C=O) groups is 2. The number of Topliss-reactive ketones (excluding diaryl/α,β-unsaturated/α-hetero) is 1. The summed E-state index contributed by atoms with van der Waals surface area (Å²) in [6.45, 7) is 4.74. The second-order valence-electron chi connectivity index (χ2n) is 9.71. The van der Waals surface area contributed by atoms with Crippen molar-refractivity contribution >= 4 is 39.9 Å². The Morgan fingerprint density at radius 2 is 1.93 bits per heavy atom. The maximum Gasteiger partial charge on any atom is 0.296 e. The predicted octanol–water partition coefficient (Wildman–Crippen LogP) is 6.64. The highest BCUT2D eigenvalue weighted by Crippen LogP contribution is 2.45. The van der Waals surface area contributed by atoms with E-state index in [1.165, 1.54) is 47.4 Å². The zero-order valence-electron chi connectivity index (χ0n) is 22.8. The highest BCUT2D eigenvalue weighted by atomic mass is 32.2. The summed E-state index contributed by atoms with van der Waals surface area (Å²) in [5.41, 5.74) is 1.53. The third kappa shape index (κ3) is 6.15. The number of aromatic nitrogens is 2. The number of rotatable bonds is 12. The monoisotopic (exact) mass is 591 g/mol. The largest absolute Gasteiger partial charge is 0.503 e. The van der Waals surface area contributed by atoms with Gasteiger partial charge in [0.05, 0.1) is 31.6 Å². The summed E-state index contributed by atoms with van der Waals surface area (Å²) in [5, 5.41) is 19.8. The molecule has 41 heavy (non-hydrogen) atoms. The minimum absolute atomic E-state index is 0.00294. The summed E-state index contributed by atoms with van der Waals surface area (Å²) >= 11 is 2.70. The Balaban J connectivity index is 1.50. The van der Waals surface area contributed by atoms with Gasteiger partial charge in [0.2, 0.25) is 10.9 Å². The van der Waals surface area contributed by atoms with Crippen LogP contribution in [0.15, 0.2) is 87.0 Å². The first-order valence-corrected chi connectivity index (χ1v) is 14.8. The average molecular weight is 592 g/mol. The van der Waals surface area contributed by atoms with Crippen molar-refractivity contribution in [3.8, 4) is 11.5 Å². The van der Waals surface area contributed by atoms with Gasteiger partial charge >= 0.3 is 0 Å². The molecule has 1 atom stereocenters. The molecule has 1 aliphatic rings. The number of thioether (sulfide) groups is 1. The molecule has 0 saturated carbocycles. The van der Waals surface area contributed by atoms with Gasteiger partial charge in [-0.3, -0.25) is 14.5 Å². The van der Waals surface area contributed by atoms with E-state index in [2.05, 4.69) is 24.0 Å². The number of ketones is 1. The third-order valence-corrected chi connectivity index (χ3v) is 8.59. The number of benzene rings is 2. The van der Waals surface area contributed by atoms with Crippen LogP contribution in [0.1, 0.15) is 48.0 Å². The number of amides is 1. The standard InChI is InChI=1S/C30H29N3O6S2/c1-18(2)13-15-39-21-12-11-20(16-23(21)37-3)25-24(26(34)22-10-7-14-38-22)27(35)28(36)33(25)29-31-32-30(41-29)40-17-19-8-5-4-6-9-19/h4-12,14,16,18,25,35H,13,15,17H2,1-3H3. The summed E-state index contributed by atoms with van der Waals surface area (Å²) in [6.07, 6.45) is 2.23. The number of hydrogen-bond acceptors (Lipinski definition) is 10. The smallest absolute Gasteiger partial charge is 0.296 e. The Labute approximate surface area is 245 Å². The fourth-order valence-electron chi connectivity index (χ4n) is 4.35. The quantitative estimate of drug-likeness (QED) is 0.110. The molecule has 4 aromatic rings. The summed E-state index contributed by atoms with van der Waals surface area (Å²) < 4.78 is 17.5. The third-order valence-electron chi connectivity index (χ3n) is 6.46. The Hall–Kier alpha value is -4.09. The molecule has 0 saturated heterocycles. The number of aliphatic hydroxyl groups is 1. The van der Waals surface area contributed by atoms with E-state index >= 15 is 0 Å². The first-order valence-electron chi connectivity index (χ1n) is 13.0. The van der Waals surface area contributed by atoms with Gasteiger partial charge in [-0.1, -0.05) is 73.3 Å². The number of aliphatic hydroxyl groups excluding tert-OH is 1. The second-order valence-corrected chi connectivity index (χ2v) is 11.9. The number of carbonyl (C=O) groups excluding carboxylic acids is 2. The molecule has 0 spiro atoms. The SMILES string of the molecule is COc1cc(C2C(C(=O)c3ccco3)=C(O)C(=O)N2c2nnc(SCc3ccccc3)s2)ccc1OCCC(C)C. The van der Waals surface area contributed by atoms with Gasteiger partial charge in [0.1, 0.15) is 0 Å². The molecule has 0 aliphatic carbocycles. The van der Waals surface area contributed by atoms with Crippen molar-refractivity contribution in [3.05, 3.63) is 95.1 Å². The minimum Gasteiger partial charge on any atom is -0.503 e. The molecule has 1 unspecified atom stereocenters. The molecule has 0 fully saturated rings. The topological polar surface area (TPSA) is 115 Å². The molecule has 0 bridgehead atoms. The molecule has 0 radical (unpaired) electrons. The molecule has 2 aromatic carbocycles. The summed E-state index contributed by atoms with van der Waals surface area (Å²) in [5.74, 6) is 0.105. The van der Waals surface area contributed by atoms with Gasteiger partial charge in [-0.15, -0.1) is 10.2 Å². The number of methoxy groups -OCH3 is 1. The molecule has 5 rings (SSSR count). The molecular weight excluding hydrogens is 562 g/mol. The van der Waals surface area contributed by atoms with Crippen LogP contribution in [0.3, 0.4) is 0 Å². The zero-order valence-corrected chi connectivity index (χ0v) is 24.4. The van der Waals surface area contributed by atoms with Crippen molar-refractivity contribution in [2.24, 2.45) is 5.92 Å². The van der Waals surface area contributed by atoms with Crippen LogP contribution < -0.4 is 14.4 Å². The lowest BCUT2D eigenvalue weighted by atomic mass is 9.95. The molecule has 9 nitrogen and oxygen atoms in total. The average Bonchev–Trinajstić information content (AvgIpc) is 3.73. The fourth-order valence-corrected chi connectivity index (χ4v) is 6.17. The van der Waals surface area contributed by atoms with E-state index in [9.17, 15) is 14.7 Å². The van der Waals surface area contributed by atoms with Crippen LogP contribution in [0.25, 0.3) is 0 Å². The van der Waals surface area contributed by atoms with Crippen molar-refractivity contribution in [2.45, 2.75) is 36.4 Å². The van der Waals surface area contributed by atoms with Crippen molar-refractivity contribution in [2.75, 3.05) is 18.6 Å². The van der Waals surface area contributed by atoms with E-state index < -0.39 is 23.5 Å². The van der Waals surface area contributed by atoms with Gasteiger partial charge in [-0.05, 0) is 47.7 Å². The van der Waals surface area contributed by atoms with Gasteiger partial charge in [0.25, 0.3) is 5.91 Å². The van der Waals surface area contributed by atoms with Crippen molar-refractivity contribution in [1.29, 1.82) is 0 Å². The van der Waals surface area contributed by atoms with Gasteiger partial charge < -0.3 is 19.0 Å². The Morgan fingerprint density at radius 3 is 2.63 bits per heavy atom. The van der Waals surface area contributed by atoms with E-state index in [0.29, 0.717) is 39.7 Å². The molecule has 1 aliphatic heterocycles. The number of nitrogens with zero attached hydrogens (tertiary/aromatic N) is 3. The van der Waals surface area contributed by atoms with Crippen LogP contribution in [0, 0.1) is 5.92 Å². The normalized spacial score (nSPS) is 15.2. The van der Waals surface area contributed by atoms with Gasteiger partial charge in [0, 0.05) is 5.75 Å². The number of furan rings is 1. The highest BCUT2D eigenvalue weighted by molar-refractivity contribution is 8.00. The lowest BCUT2D eigenvalue weighted by molar-refractivity contribution is -0.117. The highest BCUT2D eigenvalue weighted by Gasteiger charge is 2.47. The lowest BCUT2D eigenvalue weighted by Crippen LogP contribution is -2.31. The maximum absolute atomic E-state index is 13.5. The summed E-state index contributed by atoms with van der Waals surface area (Å²) in [7, 11) is 1.52. The van der Waals surface area contributed by atoms with Crippen molar-refractivity contribution in [1.82, 2.24) is 10.2 Å². The summed E-state index contributed by atoms with van der Waals surface area (Å²) in [6, 6.07) is 17.2. The van der Waals surface area contributed by atoms with Crippen LogP contribution in [0.5, 0.6) is 11.5 Å². The van der Waals surface area contributed by atoms with E-state index in [0.717, 1.165) is 12.0 Å². The maximum atomic E-state index is 13.5. The predicted molar refractivity (Wildman–Crippen MR) is 157 cm³/mol. The molecule has 1 amide bonds. The molecule has 3 heterocycles. The molecular formula is C30H29N3O6S2. The van der Waals surface area contributed by atoms with Crippen LogP contribution >= 0.6 is 23.1 Å². The molecule has 212 valence electrons. The van der Waals surface area contributed by atoms with E-state index in [4.69, 9.17) is 13.9 Å². The molecule has 11 heteroatoms. The van der Waals surface area contributed by atoms with E-state index in [-0.39, 0.29) is 16.5 Å². The van der Waals surface area contributed by atoms with E-state index in [1.807, 2.05) is 30.3 Å². The fraction of sp³-hybridized carbons (Fsp3) is 0.267. The molecule has 1 N–H and O–H groups in total. The van der Waals surface area contributed by atoms with Crippen LogP contribution in [0.4, 0.5) is 5.13 Å². The van der Waals surface area contributed by atoms with Gasteiger partial charge in [-0.2, -0.15) is 0 Å². The number of anilines is 1. The second kappa shape index (κ2) is 12.6.